The number of hydrogen-bond acceptors (Lipinski definition) is 1. The number of unbranched alkanes of at least 4 members (excludes halogenated alkanes) is 15. The van der Waals surface area contributed by atoms with Crippen LogP contribution in [0.25, 0.3) is 0 Å². The van der Waals surface area contributed by atoms with Gasteiger partial charge in [0.15, 0.2) is 0 Å². The Hall–Kier alpha value is 0.177. The summed E-state index contributed by atoms with van der Waals surface area (Å²) in [4.78, 5) is 2.79. The largest absolute Gasteiger partial charge is 0.303 e. The van der Waals surface area contributed by atoms with E-state index in [1.54, 1.807) is 0 Å². The Kier molecular flexibility index (Phi) is 27.5. The zero-order chi connectivity index (χ0) is 18.4. The average molecular weight is 386 g/mol. The van der Waals surface area contributed by atoms with Crippen molar-refractivity contribution in [2.24, 2.45) is 0 Å². The molecular formula is C24H55NSi. The van der Waals surface area contributed by atoms with Crippen molar-refractivity contribution in [2.75, 3.05) is 19.6 Å². The van der Waals surface area contributed by atoms with Gasteiger partial charge in [-0.1, -0.05) is 117 Å². The predicted molar refractivity (Wildman–Crippen MR) is 128 cm³/mol. The van der Waals surface area contributed by atoms with Gasteiger partial charge < -0.3 is 4.90 Å². The van der Waals surface area contributed by atoms with Crippen LogP contribution >= 0.6 is 0 Å². The maximum atomic E-state index is 2.79. The van der Waals surface area contributed by atoms with Crippen molar-refractivity contribution >= 4 is 11.0 Å². The summed E-state index contributed by atoms with van der Waals surface area (Å²) in [5.74, 6) is 0. The topological polar surface area (TPSA) is 3.24 Å². The van der Waals surface area contributed by atoms with Gasteiger partial charge in [0.25, 0.3) is 0 Å². The first-order valence-electron chi connectivity index (χ1n) is 12.1. The van der Waals surface area contributed by atoms with Crippen molar-refractivity contribution in [3.05, 3.63) is 0 Å². The molecule has 0 aliphatic heterocycles. The fourth-order valence-corrected chi connectivity index (χ4v) is 3.68. The lowest BCUT2D eigenvalue weighted by atomic mass is 10.1. The first-order chi connectivity index (χ1) is 12.3. The first-order valence-corrected chi connectivity index (χ1v) is 12.1. The molecule has 0 bridgehead atoms. The van der Waals surface area contributed by atoms with E-state index in [-0.39, 0.29) is 11.0 Å². The van der Waals surface area contributed by atoms with E-state index in [9.17, 15) is 0 Å². The predicted octanol–water partition coefficient (Wildman–Crippen LogP) is 6.92. The summed E-state index contributed by atoms with van der Waals surface area (Å²) in [5, 5.41) is 0. The molecule has 0 aromatic rings. The molecule has 2 heteroatoms. The van der Waals surface area contributed by atoms with Crippen LogP contribution in [0.2, 0.25) is 0 Å². The Bertz CT molecular complexity index is 194. The maximum absolute atomic E-state index is 2.79. The van der Waals surface area contributed by atoms with Crippen molar-refractivity contribution in [3.8, 4) is 0 Å². The first kappa shape index (κ1) is 28.4. The van der Waals surface area contributed by atoms with Crippen molar-refractivity contribution < 1.29 is 0 Å². The van der Waals surface area contributed by atoms with Crippen LogP contribution < -0.4 is 0 Å². The molecule has 0 aliphatic carbocycles. The molecule has 160 valence electrons. The van der Waals surface area contributed by atoms with Crippen molar-refractivity contribution in [1.29, 1.82) is 0 Å². The number of nitrogens with zero attached hydrogens (tertiary/aromatic N) is 1. The number of rotatable bonds is 21. The minimum Gasteiger partial charge on any atom is -0.303 e. The molecule has 0 rings (SSSR count). The summed E-state index contributed by atoms with van der Waals surface area (Å²) < 4.78 is 0. The second-order valence-electron chi connectivity index (χ2n) is 8.14. The number of hydrogen-bond donors (Lipinski definition) is 0. The summed E-state index contributed by atoms with van der Waals surface area (Å²) in [6.07, 6.45) is 25.7. The quantitative estimate of drug-likeness (QED) is 0.153. The molecule has 26 heavy (non-hydrogen) atoms. The molecule has 0 amide bonds. The highest BCUT2D eigenvalue weighted by atomic mass is 28.1. The third-order valence-electron chi connectivity index (χ3n) is 5.48. The minimum atomic E-state index is 0. The second-order valence-corrected chi connectivity index (χ2v) is 8.14. The normalized spacial score (nSPS) is 11.1. The van der Waals surface area contributed by atoms with Crippen LogP contribution in [-0.2, 0) is 0 Å². The van der Waals surface area contributed by atoms with Gasteiger partial charge in [-0.15, -0.1) is 0 Å². The highest BCUT2D eigenvalue weighted by Gasteiger charge is 2.05. The van der Waals surface area contributed by atoms with Gasteiger partial charge in [-0.2, -0.15) is 0 Å². The lowest BCUT2D eigenvalue weighted by molar-refractivity contribution is 0.254. The fraction of sp³-hybridized carbons (Fsp3) is 1.00. The smallest absolute Gasteiger partial charge is 0.00187 e. The zero-order valence-corrected chi connectivity index (χ0v) is 18.3. The highest BCUT2D eigenvalue weighted by molar-refractivity contribution is 5.75. The van der Waals surface area contributed by atoms with Crippen LogP contribution in [-0.4, -0.2) is 35.5 Å². The molecule has 0 fully saturated rings. The second kappa shape index (κ2) is 25.2. The van der Waals surface area contributed by atoms with E-state index in [4.69, 9.17) is 0 Å². The average Bonchev–Trinajstić information content (AvgIpc) is 2.63. The summed E-state index contributed by atoms with van der Waals surface area (Å²) in [5.41, 5.74) is 0. The Morgan fingerprint density at radius 2 is 0.577 bits per heavy atom. The Balaban J connectivity index is 0. The van der Waals surface area contributed by atoms with Crippen LogP contribution in [0.1, 0.15) is 136 Å². The summed E-state index contributed by atoms with van der Waals surface area (Å²) in [7, 11) is 0. The monoisotopic (exact) mass is 385 g/mol. The van der Waals surface area contributed by atoms with Gasteiger partial charge in [-0.05, 0) is 49.9 Å². The maximum Gasteiger partial charge on any atom is -0.00187 e. The van der Waals surface area contributed by atoms with E-state index in [1.165, 1.54) is 135 Å². The highest BCUT2D eigenvalue weighted by Crippen LogP contribution is 2.11. The van der Waals surface area contributed by atoms with Gasteiger partial charge in [0.1, 0.15) is 0 Å². The van der Waals surface area contributed by atoms with Crippen molar-refractivity contribution in [1.82, 2.24) is 4.90 Å². The van der Waals surface area contributed by atoms with Gasteiger partial charge >= 0.3 is 0 Å². The van der Waals surface area contributed by atoms with Gasteiger partial charge in [-0.3, -0.25) is 0 Å². The zero-order valence-electron chi connectivity index (χ0n) is 18.3. The van der Waals surface area contributed by atoms with E-state index in [1.807, 2.05) is 0 Å². The molecule has 0 aliphatic rings. The lowest BCUT2D eigenvalue weighted by Gasteiger charge is -2.22. The van der Waals surface area contributed by atoms with E-state index in [0.717, 1.165) is 0 Å². The van der Waals surface area contributed by atoms with E-state index in [0.29, 0.717) is 0 Å². The minimum absolute atomic E-state index is 0. The van der Waals surface area contributed by atoms with E-state index in [2.05, 4.69) is 25.7 Å². The van der Waals surface area contributed by atoms with Gasteiger partial charge in [0.05, 0.1) is 0 Å². The molecule has 0 saturated carbocycles. The van der Waals surface area contributed by atoms with Crippen LogP contribution in [0, 0.1) is 0 Å². The molecule has 0 radical (unpaired) electrons. The summed E-state index contributed by atoms with van der Waals surface area (Å²) >= 11 is 0. The van der Waals surface area contributed by atoms with Gasteiger partial charge in [-0.25, -0.2) is 0 Å². The molecule has 0 unspecified atom stereocenters. The molecule has 0 aromatic heterocycles. The SMILES string of the molecule is CCCCCCCCN(CCCCCCCC)CCCCCCCC.[SiH4]. The van der Waals surface area contributed by atoms with Crippen LogP contribution in [0.3, 0.4) is 0 Å². The molecule has 0 spiro atoms. The molecule has 0 atom stereocenters. The lowest BCUT2D eigenvalue weighted by Crippen LogP contribution is -2.27. The van der Waals surface area contributed by atoms with Crippen molar-refractivity contribution in [3.63, 3.8) is 0 Å². The summed E-state index contributed by atoms with van der Waals surface area (Å²) in [6.45, 7) is 11.0. The van der Waals surface area contributed by atoms with Gasteiger partial charge in [0, 0.05) is 0 Å². The molecule has 0 aromatic carbocycles. The van der Waals surface area contributed by atoms with Crippen LogP contribution in [0.15, 0.2) is 0 Å². The third-order valence-corrected chi connectivity index (χ3v) is 5.48. The molecular weight excluding hydrogens is 330 g/mol. The Morgan fingerprint density at radius 1 is 0.346 bits per heavy atom. The Morgan fingerprint density at radius 3 is 0.846 bits per heavy atom. The molecule has 0 heterocycles. The van der Waals surface area contributed by atoms with Crippen LogP contribution in [0.5, 0.6) is 0 Å². The fourth-order valence-electron chi connectivity index (χ4n) is 3.68. The standard InChI is InChI=1S/C24H51N.H4Si/c1-4-7-10-13-16-19-22-25(23-20-17-14-11-8-5-2)24-21-18-15-12-9-6-3;/h4-24H2,1-3H3;1H4. The van der Waals surface area contributed by atoms with Gasteiger partial charge in [0.2, 0.25) is 0 Å². The van der Waals surface area contributed by atoms with Crippen molar-refractivity contribution in [2.45, 2.75) is 136 Å². The van der Waals surface area contributed by atoms with E-state index >= 15 is 0 Å². The molecule has 0 saturated heterocycles. The van der Waals surface area contributed by atoms with Crippen LogP contribution in [0.4, 0.5) is 0 Å². The third kappa shape index (κ3) is 22.2. The summed E-state index contributed by atoms with van der Waals surface area (Å²) in [6, 6.07) is 0. The molecule has 1 nitrogen and oxygen atoms in total. The molecule has 0 N–H and O–H groups in total. The van der Waals surface area contributed by atoms with E-state index < -0.39 is 0 Å². The Labute approximate surface area is 172 Å².